The number of nitrogens with zero attached hydrogens (tertiary/aromatic N) is 3. The molecule has 2 heterocycles. The van der Waals surface area contributed by atoms with Crippen LogP contribution in [0.5, 0.6) is 0 Å². The molecular weight excluding hydrogens is 346 g/mol. The van der Waals surface area contributed by atoms with Gasteiger partial charge in [0.25, 0.3) is 11.5 Å². The number of aromatic amines is 1. The monoisotopic (exact) mass is 363 g/mol. The van der Waals surface area contributed by atoms with Crippen LogP contribution in [0.15, 0.2) is 53.6 Å². The molecule has 27 heavy (non-hydrogen) atoms. The van der Waals surface area contributed by atoms with Gasteiger partial charge in [-0.25, -0.2) is 15.0 Å². The maximum atomic E-state index is 12.5. The van der Waals surface area contributed by atoms with E-state index in [0.717, 1.165) is 11.6 Å². The normalized spacial score (nSPS) is 11.6. The molecule has 0 radical (unpaired) electrons. The van der Waals surface area contributed by atoms with Gasteiger partial charge in [0, 0.05) is 24.0 Å². The van der Waals surface area contributed by atoms with Crippen molar-refractivity contribution in [3.8, 4) is 11.6 Å². The number of H-pyrrole nitrogens is 1. The average Bonchev–Trinajstić information content (AvgIpc) is 2.68. The van der Waals surface area contributed by atoms with E-state index in [2.05, 4.69) is 25.3 Å². The molecule has 0 aliphatic rings. The summed E-state index contributed by atoms with van der Waals surface area (Å²) >= 11 is 0. The molecule has 8 nitrogen and oxygen atoms in total. The topological polar surface area (TPSA) is 118 Å². The van der Waals surface area contributed by atoms with Crippen LogP contribution in [-0.2, 0) is 0 Å². The van der Waals surface area contributed by atoms with E-state index in [1.165, 1.54) is 19.3 Å². The van der Waals surface area contributed by atoms with Crippen molar-refractivity contribution in [1.29, 1.82) is 0 Å². The van der Waals surface area contributed by atoms with E-state index in [-0.39, 0.29) is 29.2 Å². The molecule has 0 aliphatic carbocycles. The minimum absolute atomic E-state index is 0.0263. The van der Waals surface area contributed by atoms with Crippen LogP contribution in [0.2, 0.25) is 0 Å². The lowest BCUT2D eigenvalue weighted by molar-refractivity contribution is 0.0933. The van der Waals surface area contributed by atoms with Gasteiger partial charge in [-0.1, -0.05) is 24.3 Å². The van der Waals surface area contributed by atoms with E-state index >= 15 is 0 Å². The molecule has 0 fully saturated rings. The van der Waals surface area contributed by atoms with Gasteiger partial charge in [0.15, 0.2) is 17.4 Å². The predicted octanol–water partition coefficient (Wildman–Crippen LogP) is 1.92. The van der Waals surface area contributed by atoms with E-state index in [1.54, 1.807) is 37.3 Å². The van der Waals surface area contributed by atoms with Crippen LogP contribution < -0.4 is 10.9 Å². The number of ketones is 1. The number of nitrogens with one attached hydrogen (secondary N) is 2. The molecule has 2 N–H and O–H groups in total. The summed E-state index contributed by atoms with van der Waals surface area (Å²) in [6, 6.07) is 9.38. The van der Waals surface area contributed by atoms with Crippen molar-refractivity contribution in [2.45, 2.75) is 19.9 Å². The highest BCUT2D eigenvalue weighted by Crippen LogP contribution is 2.14. The number of hydrogen-bond donors (Lipinski definition) is 2. The van der Waals surface area contributed by atoms with E-state index in [1.807, 2.05) is 0 Å². The Morgan fingerprint density at radius 3 is 2.41 bits per heavy atom. The fourth-order valence-electron chi connectivity index (χ4n) is 2.46. The minimum atomic E-state index is -0.499. The predicted molar refractivity (Wildman–Crippen MR) is 98.2 cm³/mol. The van der Waals surface area contributed by atoms with Crippen LogP contribution in [0, 0.1) is 0 Å². The van der Waals surface area contributed by atoms with Gasteiger partial charge in [0.2, 0.25) is 0 Å². The van der Waals surface area contributed by atoms with Crippen LogP contribution >= 0.6 is 0 Å². The second kappa shape index (κ2) is 7.69. The number of aromatic nitrogens is 4. The van der Waals surface area contributed by atoms with Crippen molar-refractivity contribution >= 4 is 11.7 Å². The lowest BCUT2D eigenvalue weighted by Gasteiger charge is -2.14. The number of amides is 1. The Balaban J connectivity index is 1.80. The van der Waals surface area contributed by atoms with Gasteiger partial charge in [0.05, 0.1) is 6.04 Å². The highest BCUT2D eigenvalue weighted by atomic mass is 16.2. The summed E-state index contributed by atoms with van der Waals surface area (Å²) in [7, 11) is 0. The summed E-state index contributed by atoms with van der Waals surface area (Å²) in [5, 5.41) is 2.79. The van der Waals surface area contributed by atoms with Gasteiger partial charge in [-0.15, -0.1) is 0 Å². The zero-order chi connectivity index (χ0) is 19.4. The molecule has 136 valence electrons. The third-order valence-electron chi connectivity index (χ3n) is 3.92. The molecule has 0 saturated carbocycles. The van der Waals surface area contributed by atoms with E-state index in [9.17, 15) is 14.4 Å². The van der Waals surface area contributed by atoms with Gasteiger partial charge < -0.3 is 10.3 Å². The van der Waals surface area contributed by atoms with Crippen LogP contribution in [0.3, 0.4) is 0 Å². The van der Waals surface area contributed by atoms with Gasteiger partial charge in [0.1, 0.15) is 5.69 Å². The Bertz CT molecular complexity index is 1030. The van der Waals surface area contributed by atoms with Crippen molar-refractivity contribution in [1.82, 2.24) is 25.3 Å². The highest BCUT2D eigenvalue weighted by molar-refractivity contribution is 5.94. The van der Waals surface area contributed by atoms with Crippen LogP contribution in [0.1, 0.15) is 46.3 Å². The Morgan fingerprint density at radius 1 is 1.11 bits per heavy atom. The first-order valence-electron chi connectivity index (χ1n) is 8.24. The van der Waals surface area contributed by atoms with Crippen molar-refractivity contribution in [2.75, 3.05) is 0 Å². The first kappa shape index (κ1) is 18.1. The summed E-state index contributed by atoms with van der Waals surface area (Å²) < 4.78 is 0. The lowest BCUT2D eigenvalue weighted by Crippen LogP contribution is -2.29. The van der Waals surface area contributed by atoms with Crippen molar-refractivity contribution < 1.29 is 9.59 Å². The molecule has 1 atom stereocenters. The Kier molecular flexibility index (Phi) is 5.16. The Morgan fingerprint density at radius 2 is 1.78 bits per heavy atom. The molecule has 0 aliphatic heterocycles. The molecule has 0 bridgehead atoms. The van der Waals surface area contributed by atoms with Crippen LogP contribution in [0.4, 0.5) is 0 Å². The molecule has 2 aromatic heterocycles. The number of benzene rings is 1. The van der Waals surface area contributed by atoms with Gasteiger partial charge in [-0.3, -0.25) is 14.4 Å². The summed E-state index contributed by atoms with van der Waals surface area (Å²) in [4.78, 5) is 50.5. The molecule has 1 aromatic carbocycles. The molecule has 3 aromatic rings. The standard InChI is InChI=1S/C19H17N5O3/c1-11(13-4-6-14(7-5-13)12(2)25)22-19(27)15-10-16(26)24-18(23-15)17-20-8-3-9-21-17/h3-11H,1-2H3,(H,22,27)(H,23,24,26)/t11-/m0/s1. The van der Waals surface area contributed by atoms with Gasteiger partial charge >= 0.3 is 0 Å². The zero-order valence-corrected chi connectivity index (χ0v) is 14.8. The van der Waals surface area contributed by atoms with Crippen molar-refractivity contribution in [3.63, 3.8) is 0 Å². The number of rotatable bonds is 5. The fourth-order valence-corrected chi connectivity index (χ4v) is 2.46. The summed E-state index contributed by atoms with van der Waals surface area (Å²) in [5.74, 6) is -0.188. The quantitative estimate of drug-likeness (QED) is 0.669. The van der Waals surface area contributed by atoms with Gasteiger partial charge in [-0.2, -0.15) is 0 Å². The van der Waals surface area contributed by atoms with Crippen molar-refractivity contribution in [2.24, 2.45) is 0 Å². The van der Waals surface area contributed by atoms with E-state index in [4.69, 9.17) is 0 Å². The maximum absolute atomic E-state index is 12.5. The number of hydrogen-bond acceptors (Lipinski definition) is 6. The fraction of sp³-hybridized carbons (Fsp3) is 0.158. The molecular formula is C19H17N5O3. The molecule has 0 spiro atoms. The lowest BCUT2D eigenvalue weighted by atomic mass is 10.0. The molecule has 1 amide bonds. The smallest absolute Gasteiger partial charge is 0.270 e. The second-order valence-corrected chi connectivity index (χ2v) is 5.92. The number of carbonyl (C=O) groups excluding carboxylic acids is 2. The highest BCUT2D eigenvalue weighted by Gasteiger charge is 2.16. The van der Waals surface area contributed by atoms with Crippen LogP contribution in [0.25, 0.3) is 11.6 Å². The first-order chi connectivity index (χ1) is 12.9. The second-order valence-electron chi connectivity index (χ2n) is 5.92. The summed E-state index contributed by atoms with van der Waals surface area (Å²) in [6.45, 7) is 3.29. The zero-order valence-electron chi connectivity index (χ0n) is 14.8. The summed E-state index contributed by atoms with van der Waals surface area (Å²) in [5.41, 5.74) is 0.912. The third kappa shape index (κ3) is 4.30. The van der Waals surface area contributed by atoms with Gasteiger partial charge in [-0.05, 0) is 25.5 Å². The number of Topliss-reactive ketones (excluding diaryl/α,β-unsaturated/α-hetero) is 1. The first-order valence-corrected chi connectivity index (χ1v) is 8.24. The Hall–Kier alpha value is -3.68. The van der Waals surface area contributed by atoms with E-state index < -0.39 is 11.5 Å². The van der Waals surface area contributed by atoms with E-state index in [0.29, 0.717) is 5.56 Å². The molecule has 0 unspecified atom stereocenters. The van der Waals surface area contributed by atoms with Crippen molar-refractivity contribution in [3.05, 3.63) is 76.0 Å². The largest absolute Gasteiger partial charge is 0.344 e. The summed E-state index contributed by atoms with van der Waals surface area (Å²) in [6.07, 6.45) is 3.03. The average molecular weight is 363 g/mol. The third-order valence-corrected chi connectivity index (χ3v) is 3.92. The minimum Gasteiger partial charge on any atom is -0.344 e. The SMILES string of the molecule is CC(=O)c1ccc([C@H](C)NC(=O)c2cc(=O)[nH]c(-c3ncccn3)n2)cc1. The van der Waals surface area contributed by atoms with Crippen LogP contribution in [-0.4, -0.2) is 31.6 Å². The molecule has 0 saturated heterocycles. The molecule has 3 rings (SSSR count). The number of carbonyl (C=O) groups is 2. The molecule has 8 heteroatoms. The Labute approximate surface area is 154 Å². The maximum Gasteiger partial charge on any atom is 0.270 e.